The molecular weight excluding hydrogens is 552 g/mol. The largest absolute Gasteiger partial charge is 0.497 e. The highest BCUT2D eigenvalue weighted by Crippen LogP contribution is 2.40. The lowest BCUT2D eigenvalue weighted by Crippen LogP contribution is -2.24. The molecule has 43 heavy (non-hydrogen) atoms. The predicted molar refractivity (Wildman–Crippen MR) is 157 cm³/mol. The Bertz CT molecular complexity index is 1730. The number of nitriles is 1. The summed E-state index contributed by atoms with van der Waals surface area (Å²) in [5.41, 5.74) is 3.20. The van der Waals surface area contributed by atoms with Gasteiger partial charge in [-0.15, -0.1) is 0 Å². The van der Waals surface area contributed by atoms with Crippen LogP contribution in [0.15, 0.2) is 60.7 Å². The molecular formula is C32H28N4O7. The number of nitrogens with zero attached hydrogens (tertiary/aromatic N) is 3. The van der Waals surface area contributed by atoms with E-state index in [4.69, 9.17) is 28.4 Å². The van der Waals surface area contributed by atoms with Gasteiger partial charge in [0.1, 0.15) is 28.7 Å². The van der Waals surface area contributed by atoms with Crippen molar-refractivity contribution in [2.45, 2.75) is 6.92 Å². The Kier molecular flexibility index (Phi) is 8.58. The number of methoxy groups -OCH3 is 3. The molecule has 0 spiro atoms. The van der Waals surface area contributed by atoms with E-state index in [-0.39, 0.29) is 42.1 Å². The lowest BCUT2D eigenvalue weighted by Gasteiger charge is -2.16. The van der Waals surface area contributed by atoms with Crippen molar-refractivity contribution in [3.63, 3.8) is 0 Å². The van der Waals surface area contributed by atoms with Gasteiger partial charge >= 0.3 is 0 Å². The topological polar surface area (TPSA) is 134 Å². The number of ether oxygens (including phenoxy) is 6. The summed E-state index contributed by atoms with van der Waals surface area (Å²) in [5, 5.41) is 13.2. The first-order chi connectivity index (χ1) is 20.9. The molecule has 2 aromatic heterocycles. The van der Waals surface area contributed by atoms with Crippen molar-refractivity contribution < 1.29 is 33.2 Å². The zero-order valence-corrected chi connectivity index (χ0v) is 24.0. The van der Waals surface area contributed by atoms with E-state index in [0.717, 1.165) is 5.56 Å². The Balaban J connectivity index is 1.46. The zero-order valence-electron chi connectivity index (χ0n) is 24.0. The molecule has 0 atom stereocenters. The van der Waals surface area contributed by atoms with Gasteiger partial charge < -0.3 is 33.7 Å². The first-order valence-corrected chi connectivity index (χ1v) is 13.2. The monoisotopic (exact) mass is 580 g/mol. The summed E-state index contributed by atoms with van der Waals surface area (Å²) in [7, 11) is 4.50. The van der Waals surface area contributed by atoms with E-state index in [1.807, 2.05) is 37.3 Å². The maximum Gasteiger partial charge on any atom is 0.257 e. The maximum atomic E-state index is 12.8. The summed E-state index contributed by atoms with van der Waals surface area (Å²) >= 11 is 0. The number of carbonyl (C=O) groups excluding carboxylic acids is 1. The van der Waals surface area contributed by atoms with Crippen molar-refractivity contribution in [3.05, 3.63) is 83.1 Å². The van der Waals surface area contributed by atoms with Crippen molar-refractivity contribution in [2.75, 3.05) is 34.7 Å². The normalized spacial score (nSPS) is 11.6. The van der Waals surface area contributed by atoms with E-state index in [9.17, 15) is 10.1 Å². The number of rotatable bonds is 10. The molecule has 5 rings (SSSR count). The molecule has 11 heteroatoms. The van der Waals surface area contributed by atoms with Gasteiger partial charge in [0, 0.05) is 35.5 Å². The molecule has 0 unspecified atom stereocenters. The number of hydrogen-bond donors (Lipinski definition) is 1. The van der Waals surface area contributed by atoms with Crippen molar-refractivity contribution in [3.8, 4) is 57.8 Å². The molecule has 0 saturated carbocycles. The van der Waals surface area contributed by atoms with E-state index in [0.29, 0.717) is 45.7 Å². The van der Waals surface area contributed by atoms with Crippen LogP contribution in [0.4, 0.5) is 0 Å². The molecule has 0 bridgehead atoms. The Hall–Kier alpha value is -5.76. The first-order valence-electron chi connectivity index (χ1n) is 13.2. The summed E-state index contributed by atoms with van der Waals surface area (Å²) in [6, 6.07) is 17.9. The number of nitrogens with one attached hydrogen (secondary N) is 1. The second-order valence-corrected chi connectivity index (χ2v) is 9.15. The van der Waals surface area contributed by atoms with Crippen LogP contribution in [0.1, 0.15) is 27.2 Å². The molecule has 2 aromatic carbocycles. The number of pyridine rings is 2. The molecule has 218 valence electrons. The van der Waals surface area contributed by atoms with Crippen LogP contribution in [-0.4, -0.2) is 50.5 Å². The van der Waals surface area contributed by atoms with Crippen molar-refractivity contribution >= 4 is 12.0 Å². The second-order valence-electron chi connectivity index (χ2n) is 9.15. The molecule has 0 aliphatic carbocycles. The van der Waals surface area contributed by atoms with Gasteiger partial charge in [0.15, 0.2) is 11.5 Å². The summed E-state index contributed by atoms with van der Waals surface area (Å²) in [4.78, 5) is 21.6. The number of carbonyl (C=O) groups is 1. The van der Waals surface area contributed by atoms with Crippen molar-refractivity contribution in [1.29, 1.82) is 5.26 Å². The van der Waals surface area contributed by atoms with Crippen LogP contribution in [0, 0.1) is 18.3 Å². The first kappa shape index (κ1) is 28.8. The average molecular weight is 581 g/mol. The summed E-state index contributed by atoms with van der Waals surface area (Å²) in [5.74, 6) is 2.55. The fourth-order valence-electron chi connectivity index (χ4n) is 4.47. The quantitative estimate of drug-likeness (QED) is 0.263. The van der Waals surface area contributed by atoms with Crippen LogP contribution in [0.25, 0.3) is 17.2 Å². The molecule has 3 heterocycles. The van der Waals surface area contributed by atoms with E-state index < -0.39 is 0 Å². The van der Waals surface area contributed by atoms with Crippen LogP contribution >= 0.6 is 0 Å². The number of fused-ring (bicyclic) bond motifs is 1. The number of benzene rings is 2. The van der Waals surface area contributed by atoms with Gasteiger partial charge in [-0.25, -0.2) is 4.98 Å². The fraction of sp³-hybridized carbons (Fsp3) is 0.188. The van der Waals surface area contributed by atoms with E-state index in [2.05, 4.69) is 21.4 Å². The predicted octanol–water partition coefficient (Wildman–Crippen LogP) is 5.31. The second kappa shape index (κ2) is 12.8. The Morgan fingerprint density at radius 2 is 1.72 bits per heavy atom. The van der Waals surface area contributed by atoms with Gasteiger partial charge in [-0.2, -0.15) is 10.2 Å². The molecule has 1 aliphatic rings. The summed E-state index contributed by atoms with van der Waals surface area (Å²) in [6.07, 6.45) is 3.59. The van der Waals surface area contributed by atoms with Gasteiger partial charge in [0.2, 0.25) is 24.4 Å². The summed E-state index contributed by atoms with van der Waals surface area (Å²) < 4.78 is 32.6. The van der Waals surface area contributed by atoms with Gasteiger partial charge in [0.05, 0.1) is 21.3 Å². The number of aromatic nitrogens is 2. The highest BCUT2D eigenvalue weighted by molar-refractivity contribution is 5.96. The molecule has 4 aromatic rings. The molecule has 1 aliphatic heterocycles. The highest BCUT2D eigenvalue weighted by Gasteiger charge is 2.22. The molecule has 1 amide bonds. The molecule has 0 saturated heterocycles. The van der Waals surface area contributed by atoms with E-state index in [1.54, 1.807) is 43.5 Å². The Morgan fingerprint density at radius 1 is 0.953 bits per heavy atom. The molecule has 0 fully saturated rings. The molecule has 1 N–H and O–H groups in total. The smallest absolute Gasteiger partial charge is 0.257 e. The lowest BCUT2D eigenvalue weighted by atomic mass is 9.94. The third kappa shape index (κ3) is 6.13. The average Bonchev–Trinajstić information content (AvgIpc) is 3.51. The minimum atomic E-state index is -0.368. The third-order valence-electron chi connectivity index (χ3n) is 6.59. The van der Waals surface area contributed by atoms with Crippen LogP contribution < -0.4 is 33.7 Å². The Morgan fingerprint density at radius 3 is 2.44 bits per heavy atom. The van der Waals surface area contributed by atoms with Crippen LogP contribution in [0.2, 0.25) is 0 Å². The van der Waals surface area contributed by atoms with Gasteiger partial charge in [-0.1, -0.05) is 24.3 Å². The van der Waals surface area contributed by atoms with Gasteiger partial charge in [-0.3, -0.25) is 4.79 Å². The number of amides is 1. The number of hydrogen-bond acceptors (Lipinski definition) is 10. The van der Waals surface area contributed by atoms with Crippen molar-refractivity contribution in [2.24, 2.45) is 0 Å². The fourth-order valence-corrected chi connectivity index (χ4v) is 4.47. The minimum absolute atomic E-state index is 0.132. The zero-order chi connectivity index (χ0) is 30.3. The van der Waals surface area contributed by atoms with E-state index >= 15 is 0 Å². The minimum Gasteiger partial charge on any atom is -0.497 e. The van der Waals surface area contributed by atoms with Crippen molar-refractivity contribution in [1.82, 2.24) is 15.3 Å². The maximum absolute atomic E-state index is 12.8. The summed E-state index contributed by atoms with van der Waals surface area (Å²) in [6.45, 7) is 2.15. The van der Waals surface area contributed by atoms with E-state index in [1.165, 1.54) is 14.2 Å². The molecule has 0 radical (unpaired) electrons. The standard InChI is InChI=1S/C32H28N4O7/c1-19-23(6-5-15-34-30(37)24-12-14-28(39-3)36-31(24)40-4)29(20-7-9-21(38-2)10-8-20)25(17-33)32(35-19)43-22-11-13-26-27(16-22)42-18-41-26/h5-14,16H,15,18H2,1-4H3,(H,34,37). The molecule has 11 nitrogen and oxygen atoms in total. The van der Waals surface area contributed by atoms with Crippen LogP contribution in [0.3, 0.4) is 0 Å². The van der Waals surface area contributed by atoms with Crippen LogP contribution in [-0.2, 0) is 0 Å². The third-order valence-corrected chi connectivity index (χ3v) is 6.59. The van der Waals surface area contributed by atoms with Gasteiger partial charge in [-0.05, 0) is 42.8 Å². The van der Waals surface area contributed by atoms with Crippen LogP contribution in [0.5, 0.6) is 40.6 Å². The number of aryl methyl sites for hydroxylation is 1. The highest BCUT2D eigenvalue weighted by atomic mass is 16.7. The lowest BCUT2D eigenvalue weighted by molar-refractivity contribution is 0.0954. The van der Waals surface area contributed by atoms with Gasteiger partial charge in [0.25, 0.3) is 5.91 Å². The Labute approximate surface area is 248 Å². The SMILES string of the molecule is COc1ccc(-c2c(C#N)c(Oc3ccc4c(c3)OCO4)nc(C)c2C=CCNC(=O)c2ccc(OC)nc2OC)cc1.